The minimum Gasteiger partial charge on any atom is -0.355 e. The summed E-state index contributed by atoms with van der Waals surface area (Å²) in [7, 11) is -3.47. The molecule has 2 heterocycles. The Bertz CT molecular complexity index is 1120. The molecule has 1 amide bonds. The summed E-state index contributed by atoms with van der Waals surface area (Å²) in [5.41, 5.74) is 0.123. The summed E-state index contributed by atoms with van der Waals surface area (Å²) in [5.74, 6) is -0.984. The molecule has 1 saturated heterocycles. The highest BCUT2D eigenvalue weighted by Crippen LogP contribution is 2.35. The van der Waals surface area contributed by atoms with E-state index in [1.807, 2.05) is 0 Å². The third-order valence-electron chi connectivity index (χ3n) is 5.01. The van der Waals surface area contributed by atoms with Crippen molar-refractivity contribution in [3.8, 4) is 0 Å². The van der Waals surface area contributed by atoms with Crippen molar-refractivity contribution in [3.63, 3.8) is 0 Å². The van der Waals surface area contributed by atoms with Crippen LogP contribution in [-0.4, -0.2) is 38.7 Å². The number of hydrogen-bond acceptors (Lipinski definition) is 5. The summed E-state index contributed by atoms with van der Waals surface area (Å²) < 4.78 is 65.1. The third-order valence-corrected chi connectivity index (χ3v) is 6.26. The van der Waals surface area contributed by atoms with Crippen LogP contribution in [0.1, 0.15) is 36.9 Å². The molecule has 1 aliphatic rings. The summed E-state index contributed by atoms with van der Waals surface area (Å²) in [4.78, 5) is 18.4. The summed E-state index contributed by atoms with van der Waals surface area (Å²) in [6, 6.07) is 6.82. The van der Waals surface area contributed by atoms with Gasteiger partial charge in [-0.15, -0.1) is 0 Å². The number of benzene rings is 1. The van der Waals surface area contributed by atoms with Crippen molar-refractivity contribution < 1.29 is 26.4 Å². The Balaban J connectivity index is 1.84. The Labute approximate surface area is 192 Å². The van der Waals surface area contributed by atoms with Gasteiger partial charge >= 0.3 is 6.18 Å². The van der Waals surface area contributed by atoms with Gasteiger partial charge in [-0.2, -0.15) is 13.2 Å². The number of sulfonamides is 1. The van der Waals surface area contributed by atoms with Crippen molar-refractivity contribution in [2.75, 3.05) is 34.3 Å². The number of halogens is 4. The molecule has 1 fully saturated rings. The fourth-order valence-corrected chi connectivity index (χ4v) is 4.55. The quantitative estimate of drug-likeness (QED) is 0.566. The van der Waals surface area contributed by atoms with E-state index in [1.165, 1.54) is 12.1 Å². The van der Waals surface area contributed by atoms with Crippen LogP contribution in [0.3, 0.4) is 0 Å². The van der Waals surface area contributed by atoms with E-state index < -0.39 is 33.7 Å². The van der Waals surface area contributed by atoms with E-state index >= 15 is 0 Å². The molecule has 2 aromatic rings. The van der Waals surface area contributed by atoms with Crippen LogP contribution < -0.4 is 14.9 Å². The van der Waals surface area contributed by atoms with Gasteiger partial charge in [0.2, 0.25) is 15.9 Å². The highest BCUT2D eigenvalue weighted by molar-refractivity contribution is 9.10. The maximum atomic E-state index is 13.2. The van der Waals surface area contributed by atoms with Crippen LogP contribution in [-0.2, 0) is 21.0 Å². The molecule has 2 N–H and O–H groups in total. The van der Waals surface area contributed by atoms with Crippen molar-refractivity contribution in [3.05, 3.63) is 46.1 Å². The highest BCUT2D eigenvalue weighted by Gasteiger charge is 2.34. The number of amides is 1. The number of nitrogens with zero attached hydrogens (tertiary/aromatic N) is 2. The molecule has 12 heteroatoms. The lowest BCUT2D eigenvalue weighted by molar-refractivity contribution is -0.141. The molecule has 32 heavy (non-hydrogen) atoms. The Morgan fingerprint density at radius 3 is 2.34 bits per heavy atom. The second kappa shape index (κ2) is 9.26. The first-order valence-electron chi connectivity index (χ1n) is 9.76. The van der Waals surface area contributed by atoms with Gasteiger partial charge in [0.1, 0.15) is 5.69 Å². The van der Waals surface area contributed by atoms with E-state index in [1.54, 1.807) is 24.0 Å². The molecule has 3 rings (SSSR count). The summed E-state index contributed by atoms with van der Waals surface area (Å²) in [6.45, 7) is 2.77. The molecule has 0 radical (unpaired) electrons. The minimum atomic E-state index is -4.58. The fraction of sp³-hybridized carbons (Fsp3) is 0.400. The molecule has 1 aromatic heterocycles. The van der Waals surface area contributed by atoms with Crippen LogP contribution in [0.2, 0.25) is 0 Å². The first-order chi connectivity index (χ1) is 14.8. The van der Waals surface area contributed by atoms with E-state index in [0.717, 1.165) is 25.2 Å². The van der Waals surface area contributed by atoms with Crippen LogP contribution in [0, 0.1) is 0 Å². The van der Waals surface area contributed by atoms with Gasteiger partial charge in [0.25, 0.3) is 0 Å². The second-order valence-corrected chi connectivity index (χ2v) is 10.2. The van der Waals surface area contributed by atoms with Crippen LogP contribution in [0.5, 0.6) is 0 Å². The number of aromatic nitrogens is 1. The van der Waals surface area contributed by atoms with Gasteiger partial charge in [0.15, 0.2) is 5.82 Å². The predicted octanol–water partition coefficient (Wildman–Crippen LogP) is 4.58. The lowest BCUT2D eigenvalue weighted by atomic mass is 10.00. The standard InChI is InChI=1S/C20H22BrF3N4O3S/c1-12(13-5-6-15(14(21)11-13)27-32(2,30)31)19(29)25-16-7-8-17(20(22,23)24)26-18(16)28-9-3-4-10-28/h5-8,11-12,27H,3-4,9-10H2,1-2H3,(H,25,29). The number of alkyl halides is 3. The normalized spacial score (nSPS) is 15.5. The molecule has 7 nitrogen and oxygen atoms in total. The molecule has 1 aromatic carbocycles. The van der Waals surface area contributed by atoms with E-state index in [2.05, 4.69) is 31.0 Å². The van der Waals surface area contributed by atoms with Gasteiger partial charge in [-0.25, -0.2) is 13.4 Å². The van der Waals surface area contributed by atoms with Crippen LogP contribution in [0.4, 0.5) is 30.4 Å². The van der Waals surface area contributed by atoms with Gasteiger partial charge in [-0.1, -0.05) is 6.07 Å². The van der Waals surface area contributed by atoms with Crippen LogP contribution in [0.25, 0.3) is 0 Å². The van der Waals surface area contributed by atoms with E-state index in [-0.39, 0.29) is 11.5 Å². The van der Waals surface area contributed by atoms with Crippen LogP contribution >= 0.6 is 15.9 Å². The number of carbonyl (C=O) groups excluding carboxylic acids is 1. The largest absolute Gasteiger partial charge is 0.433 e. The molecule has 1 unspecified atom stereocenters. The average Bonchev–Trinajstić information content (AvgIpc) is 3.22. The number of anilines is 3. The van der Waals surface area contributed by atoms with Crippen LogP contribution in [0.15, 0.2) is 34.8 Å². The number of hydrogen-bond donors (Lipinski definition) is 2. The van der Waals surface area contributed by atoms with E-state index in [9.17, 15) is 26.4 Å². The Hall–Kier alpha value is -2.34. The molecule has 1 aliphatic heterocycles. The fourth-order valence-electron chi connectivity index (χ4n) is 3.35. The van der Waals surface area contributed by atoms with Gasteiger partial charge in [0.05, 0.1) is 23.5 Å². The zero-order valence-electron chi connectivity index (χ0n) is 17.3. The summed E-state index contributed by atoms with van der Waals surface area (Å²) in [5, 5.41) is 2.70. The Morgan fingerprint density at radius 1 is 1.16 bits per heavy atom. The Kier molecular flexibility index (Phi) is 7.03. The number of pyridine rings is 1. The predicted molar refractivity (Wildman–Crippen MR) is 120 cm³/mol. The zero-order valence-corrected chi connectivity index (χ0v) is 19.7. The van der Waals surface area contributed by atoms with Crippen molar-refractivity contribution in [1.82, 2.24) is 4.98 Å². The summed E-state index contributed by atoms with van der Waals surface area (Å²) in [6.07, 6.45) is -1.88. The average molecular weight is 535 g/mol. The van der Waals surface area contributed by atoms with Gasteiger partial charge in [0, 0.05) is 17.6 Å². The lowest BCUT2D eigenvalue weighted by Crippen LogP contribution is -2.25. The molecule has 174 valence electrons. The molecule has 0 bridgehead atoms. The smallest absolute Gasteiger partial charge is 0.355 e. The first-order valence-corrected chi connectivity index (χ1v) is 12.4. The lowest BCUT2D eigenvalue weighted by Gasteiger charge is -2.22. The molecule has 1 atom stereocenters. The highest BCUT2D eigenvalue weighted by atomic mass is 79.9. The maximum absolute atomic E-state index is 13.2. The van der Waals surface area contributed by atoms with Crippen molar-refractivity contribution in [1.29, 1.82) is 0 Å². The molecule has 0 aliphatic carbocycles. The van der Waals surface area contributed by atoms with Gasteiger partial charge in [-0.3, -0.25) is 9.52 Å². The minimum absolute atomic E-state index is 0.103. The first kappa shape index (κ1) is 24.3. The molecule has 0 saturated carbocycles. The zero-order chi connectivity index (χ0) is 23.7. The van der Waals surface area contributed by atoms with Crippen molar-refractivity contribution in [2.24, 2.45) is 0 Å². The van der Waals surface area contributed by atoms with Crippen molar-refractivity contribution in [2.45, 2.75) is 31.9 Å². The SMILES string of the molecule is CC(C(=O)Nc1ccc(C(F)(F)F)nc1N1CCCC1)c1ccc(NS(C)(=O)=O)c(Br)c1. The maximum Gasteiger partial charge on any atom is 0.433 e. The van der Waals surface area contributed by atoms with E-state index in [4.69, 9.17) is 0 Å². The summed E-state index contributed by atoms with van der Waals surface area (Å²) >= 11 is 3.29. The molecular formula is C20H22BrF3N4O3S. The molecule has 0 spiro atoms. The number of nitrogens with one attached hydrogen (secondary N) is 2. The van der Waals surface area contributed by atoms with Crippen molar-refractivity contribution >= 4 is 49.1 Å². The van der Waals surface area contributed by atoms with Gasteiger partial charge in [-0.05, 0) is 65.5 Å². The Morgan fingerprint density at radius 2 is 1.78 bits per heavy atom. The monoisotopic (exact) mass is 534 g/mol. The number of carbonyl (C=O) groups is 1. The van der Waals surface area contributed by atoms with E-state index in [0.29, 0.717) is 28.8 Å². The van der Waals surface area contributed by atoms with Gasteiger partial charge < -0.3 is 10.2 Å². The topological polar surface area (TPSA) is 91.4 Å². The second-order valence-electron chi connectivity index (χ2n) is 7.58. The number of rotatable bonds is 6. The molecular weight excluding hydrogens is 513 g/mol. The third kappa shape index (κ3) is 5.91.